The van der Waals surface area contributed by atoms with E-state index in [2.05, 4.69) is 35.3 Å². The Balaban J connectivity index is 2.45. The first kappa shape index (κ1) is 13.8. The Kier molecular flexibility index (Phi) is 5.27. The van der Waals surface area contributed by atoms with Gasteiger partial charge in [0, 0.05) is 11.5 Å². The molecule has 2 unspecified atom stereocenters. The van der Waals surface area contributed by atoms with Crippen molar-refractivity contribution in [2.75, 3.05) is 13.1 Å². The van der Waals surface area contributed by atoms with Crippen molar-refractivity contribution >= 4 is 0 Å². The van der Waals surface area contributed by atoms with Crippen LogP contribution in [-0.4, -0.2) is 18.6 Å². The monoisotopic (exact) mass is 235 g/mol. The molecule has 5 heteroatoms. The van der Waals surface area contributed by atoms with Crippen molar-refractivity contribution in [3.63, 3.8) is 0 Å². The summed E-state index contributed by atoms with van der Waals surface area (Å²) in [5.41, 5.74) is 7.80. The van der Waals surface area contributed by atoms with E-state index in [0.29, 0.717) is 18.4 Å². The molecule has 1 fully saturated rings. The van der Waals surface area contributed by atoms with Crippen LogP contribution in [0.1, 0.15) is 39.5 Å². The summed E-state index contributed by atoms with van der Waals surface area (Å²) in [6, 6.07) is 2.45. The van der Waals surface area contributed by atoms with Crippen LogP contribution in [0.5, 0.6) is 0 Å². The summed E-state index contributed by atoms with van der Waals surface area (Å²) in [7, 11) is 0. The van der Waals surface area contributed by atoms with Crippen LogP contribution in [0.15, 0.2) is 5.11 Å². The van der Waals surface area contributed by atoms with Crippen molar-refractivity contribution in [3.05, 3.63) is 10.4 Å². The van der Waals surface area contributed by atoms with E-state index < -0.39 is 0 Å². The average Bonchev–Trinajstić information content (AvgIpc) is 2.27. The Morgan fingerprint density at radius 3 is 2.65 bits per heavy atom. The van der Waals surface area contributed by atoms with Crippen LogP contribution in [-0.2, 0) is 0 Å². The number of nitrogens with zero attached hydrogens (tertiary/aromatic N) is 4. The Bertz CT molecular complexity index is 316. The predicted molar refractivity (Wildman–Crippen MR) is 67.2 cm³/mol. The minimum absolute atomic E-state index is 0.368. The SMILES string of the molecule is CC1CC(C)CC(C#N)(NCCCN=[N+]=[N-])C1. The molecule has 17 heavy (non-hydrogen) atoms. The molecule has 1 rings (SSSR count). The molecule has 0 radical (unpaired) electrons. The average molecular weight is 235 g/mol. The molecule has 0 spiro atoms. The van der Waals surface area contributed by atoms with E-state index in [0.717, 1.165) is 25.8 Å². The van der Waals surface area contributed by atoms with Crippen molar-refractivity contribution < 1.29 is 0 Å². The van der Waals surface area contributed by atoms with Gasteiger partial charge in [0.2, 0.25) is 0 Å². The highest BCUT2D eigenvalue weighted by atomic mass is 15.1. The highest BCUT2D eigenvalue weighted by Gasteiger charge is 2.37. The Labute approximate surface area is 103 Å². The van der Waals surface area contributed by atoms with E-state index in [9.17, 15) is 5.26 Å². The summed E-state index contributed by atoms with van der Waals surface area (Å²) < 4.78 is 0. The summed E-state index contributed by atoms with van der Waals surface area (Å²) in [6.07, 6.45) is 3.85. The standard InChI is InChI=1S/C12H21N5/c1-10-6-11(2)8-12(7-10,9-13)15-4-3-5-16-17-14/h10-11,15H,3-8H2,1-2H3. The van der Waals surface area contributed by atoms with Crippen LogP contribution in [0.25, 0.3) is 10.4 Å². The van der Waals surface area contributed by atoms with Gasteiger partial charge in [0.1, 0.15) is 5.54 Å². The quantitative estimate of drug-likeness (QED) is 0.344. The van der Waals surface area contributed by atoms with Gasteiger partial charge in [0.25, 0.3) is 0 Å². The second-order valence-electron chi connectivity index (χ2n) is 5.28. The van der Waals surface area contributed by atoms with Crippen LogP contribution < -0.4 is 5.32 Å². The fourth-order valence-corrected chi connectivity index (χ4v) is 2.92. The summed E-state index contributed by atoms with van der Waals surface area (Å²) in [4.78, 5) is 2.71. The van der Waals surface area contributed by atoms with E-state index in [1.54, 1.807) is 0 Å². The van der Waals surface area contributed by atoms with Crippen molar-refractivity contribution in [1.29, 1.82) is 5.26 Å². The molecule has 5 nitrogen and oxygen atoms in total. The molecule has 0 aromatic carbocycles. The lowest BCUT2D eigenvalue weighted by molar-refractivity contribution is 0.189. The van der Waals surface area contributed by atoms with Gasteiger partial charge >= 0.3 is 0 Å². The maximum absolute atomic E-state index is 9.39. The van der Waals surface area contributed by atoms with Gasteiger partial charge in [0.15, 0.2) is 0 Å². The minimum Gasteiger partial charge on any atom is -0.299 e. The van der Waals surface area contributed by atoms with Crippen LogP contribution >= 0.6 is 0 Å². The van der Waals surface area contributed by atoms with E-state index in [1.807, 2.05) is 0 Å². The fourth-order valence-electron chi connectivity index (χ4n) is 2.92. The minimum atomic E-state index is -0.368. The van der Waals surface area contributed by atoms with Gasteiger partial charge in [-0.25, -0.2) is 0 Å². The third-order valence-corrected chi connectivity index (χ3v) is 3.37. The van der Waals surface area contributed by atoms with Crippen molar-refractivity contribution in [2.45, 2.75) is 45.1 Å². The van der Waals surface area contributed by atoms with E-state index in [4.69, 9.17) is 5.53 Å². The van der Waals surface area contributed by atoms with E-state index in [-0.39, 0.29) is 5.54 Å². The molecule has 0 aliphatic heterocycles. The maximum atomic E-state index is 9.39. The number of nitriles is 1. The topological polar surface area (TPSA) is 84.6 Å². The number of hydrogen-bond acceptors (Lipinski definition) is 3. The Hall–Kier alpha value is -1.24. The Morgan fingerprint density at radius 2 is 2.12 bits per heavy atom. The first-order valence-electron chi connectivity index (χ1n) is 6.29. The van der Waals surface area contributed by atoms with E-state index >= 15 is 0 Å². The smallest absolute Gasteiger partial charge is 0.107 e. The lowest BCUT2D eigenvalue weighted by atomic mass is 9.72. The second kappa shape index (κ2) is 6.48. The van der Waals surface area contributed by atoms with Gasteiger partial charge in [-0.15, -0.1) is 0 Å². The zero-order valence-corrected chi connectivity index (χ0v) is 10.7. The normalized spacial score (nSPS) is 32.5. The third-order valence-electron chi connectivity index (χ3n) is 3.37. The predicted octanol–water partition coefficient (Wildman–Crippen LogP) is 2.99. The summed E-state index contributed by atoms with van der Waals surface area (Å²) in [5.74, 6) is 1.20. The molecule has 0 heterocycles. The van der Waals surface area contributed by atoms with Crippen LogP contribution in [0.3, 0.4) is 0 Å². The highest BCUT2D eigenvalue weighted by Crippen LogP contribution is 2.35. The summed E-state index contributed by atoms with van der Waals surface area (Å²) >= 11 is 0. The molecule has 0 aromatic heterocycles. The highest BCUT2D eigenvalue weighted by molar-refractivity contribution is 5.10. The first-order chi connectivity index (χ1) is 8.12. The molecule has 94 valence electrons. The number of hydrogen-bond donors (Lipinski definition) is 1. The zero-order chi connectivity index (χ0) is 12.7. The van der Waals surface area contributed by atoms with Gasteiger partial charge in [0.05, 0.1) is 6.07 Å². The van der Waals surface area contributed by atoms with Crippen LogP contribution in [0.2, 0.25) is 0 Å². The van der Waals surface area contributed by atoms with Crippen molar-refractivity contribution in [2.24, 2.45) is 17.0 Å². The van der Waals surface area contributed by atoms with Gasteiger partial charge < -0.3 is 0 Å². The molecule has 1 aliphatic rings. The fraction of sp³-hybridized carbons (Fsp3) is 0.917. The van der Waals surface area contributed by atoms with Crippen molar-refractivity contribution in [3.8, 4) is 6.07 Å². The molecule has 0 aromatic rings. The molecular weight excluding hydrogens is 214 g/mol. The first-order valence-corrected chi connectivity index (χ1v) is 6.29. The third kappa shape index (κ3) is 4.26. The molecule has 0 amide bonds. The second-order valence-corrected chi connectivity index (χ2v) is 5.28. The van der Waals surface area contributed by atoms with E-state index in [1.165, 1.54) is 6.42 Å². The summed E-state index contributed by atoms with van der Waals surface area (Å²) in [6.45, 7) is 5.66. The zero-order valence-electron chi connectivity index (χ0n) is 10.7. The number of rotatable bonds is 5. The summed E-state index contributed by atoms with van der Waals surface area (Å²) in [5, 5.41) is 16.2. The van der Waals surface area contributed by atoms with Crippen LogP contribution in [0.4, 0.5) is 0 Å². The molecule has 2 atom stereocenters. The van der Waals surface area contributed by atoms with Gasteiger partial charge in [-0.3, -0.25) is 5.32 Å². The number of azide groups is 1. The largest absolute Gasteiger partial charge is 0.299 e. The molecule has 1 aliphatic carbocycles. The molecule has 1 saturated carbocycles. The van der Waals surface area contributed by atoms with Gasteiger partial charge in [-0.2, -0.15) is 5.26 Å². The van der Waals surface area contributed by atoms with Gasteiger partial charge in [-0.1, -0.05) is 19.0 Å². The lowest BCUT2D eigenvalue weighted by Gasteiger charge is -2.38. The molecule has 0 bridgehead atoms. The maximum Gasteiger partial charge on any atom is 0.107 e. The van der Waals surface area contributed by atoms with Crippen molar-refractivity contribution in [1.82, 2.24) is 5.32 Å². The van der Waals surface area contributed by atoms with Crippen LogP contribution in [0, 0.1) is 23.2 Å². The lowest BCUT2D eigenvalue weighted by Crippen LogP contribution is -2.49. The van der Waals surface area contributed by atoms with Gasteiger partial charge in [-0.05, 0) is 49.6 Å². The molecular formula is C12H21N5. The molecule has 0 saturated heterocycles. The Morgan fingerprint density at radius 1 is 1.47 bits per heavy atom. The molecule has 1 N–H and O–H groups in total. The number of nitrogens with one attached hydrogen (secondary N) is 1.